The first-order valence-electron chi connectivity index (χ1n) is 7.50. The first kappa shape index (κ1) is 16.3. The highest BCUT2D eigenvalue weighted by Gasteiger charge is 2.40. The second-order valence-electron chi connectivity index (χ2n) is 6.15. The fraction of sp³-hybridized carbons (Fsp3) is 0.562. The minimum Gasteiger partial charge on any atom is -0.351 e. The van der Waals surface area contributed by atoms with Crippen molar-refractivity contribution < 1.29 is 4.79 Å². The van der Waals surface area contributed by atoms with Gasteiger partial charge in [0.05, 0.1) is 6.54 Å². The summed E-state index contributed by atoms with van der Waals surface area (Å²) in [5.74, 6) is 0.136. The van der Waals surface area contributed by atoms with Crippen molar-refractivity contribution in [3.8, 4) is 0 Å². The number of rotatable bonds is 4. The molecule has 21 heavy (non-hydrogen) atoms. The van der Waals surface area contributed by atoms with E-state index in [1.807, 2.05) is 30.3 Å². The average Bonchev–Trinajstić information content (AvgIpc) is 3.09. The van der Waals surface area contributed by atoms with E-state index in [0.29, 0.717) is 18.5 Å². The standard InChI is InChI=1S/C16H23N3O.ClH/c20-15(18-10-14-4-2-1-3-5-14)11-19-9-7-16(13-19)6-8-17-12-16;/h1-5,17H,6-13H2,(H,18,20);1H. The second kappa shape index (κ2) is 7.25. The van der Waals surface area contributed by atoms with Crippen molar-refractivity contribution in [2.75, 3.05) is 32.7 Å². The largest absolute Gasteiger partial charge is 0.351 e. The van der Waals surface area contributed by atoms with Crippen LogP contribution in [0.1, 0.15) is 18.4 Å². The summed E-state index contributed by atoms with van der Waals surface area (Å²) in [7, 11) is 0. The number of hydrogen-bond donors (Lipinski definition) is 2. The number of amides is 1. The number of carbonyl (C=O) groups is 1. The molecule has 116 valence electrons. The number of benzene rings is 1. The molecule has 0 bridgehead atoms. The molecule has 1 aromatic rings. The van der Waals surface area contributed by atoms with Crippen LogP contribution in [0.15, 0.2) is 30.3 Å². The highest BCUT2D eigenvalue weighted by atomic mass is 35.5. The fourth-order valence-electron chi connectivity index (χ4n) is 3.36. The Kier molecular flexibility index (Phi) is 5.62. The maximum atomic E-state index is 12.0. The Balaban J connectivity index is 0.00000161. The van der Waals surface area contributed by atoms with Crippen molar-refractivity contribution in [2.45, 2.75) is 19.4 Å². The van der Waals surface area contributed by atoms with Gasteiger partial charge in [-0.2, -0.15) is 0 Å². The summed E-state index contributed by atoms with van der Waals surface area (Å²) >= 11 is 0. The highest BCUT2D eigenvalue weighted by molar-refractivity contribution is 5.85. The molecule has 0 saturated carbocycles. The highest BCUT2D eigenvalue weighted by Crippen LogP contribution is 2.35. The topological polar surface area (TPSA) is 44.4 Å². The molecule has 3 rings (SSSR count). The summed E-state index contributed by atoms with van der Waals surface area (Å²) in [6, 6.07) is 10.1. The zero-order valence-corrected chi connectivity index (χ0v) is 13.1. The summed E-state index contributed by atoms with van der Waals surface area (Å²) in [5.41, 5.74) is 1.60. The second-order valence-corrected chi connectivity index (χ2v) is 6.15. The summed E-state index contributed by atoms with van der Waals surface area (Å²) in [4.78, 5) is 14.3. The van der Waals surface area contributed by atoms with Gasteiger partial charge in [-0.05, 0) is 36.9 Å². The van der Waals surface area contributed by atoms with Crippen molar-refractivity contribution in [2.24, 2.45) is 5.41 Å². The third-order valence-corrected chi connectivity index (χ3v) is 4.55. The van der Waals surface area contributed by atoms with Gasteiger partial charge in [-0.15, -0.1) is 12.4 Å². The Morgan fingerprint density at radius 2 is 2.10 bits per heavy atom. The van der Waals surface area contributed by atoms with E-state index in [1.165, 1.54) is 12.8 Å². The fourth-order valence-corrected chi connectivity index (χ4v) is 3.36. The van der Waals surface area contributed by atoms with Crippen molar-refractivity contribution in [3.63, 3.8) is 0 Å². The lowest BCUT2D eigenvalue weighted by atomic mass is 9.87. The zero-order chi connectivity index (χ0) is 13.8. The zero-order valence-electron chi connectivity index (χ0n) is 12.3. The molecular formula is C16H24ClN3O. The van der Waals surface area contributed by atoms with E-state index in [-0.39, 0.29) is 18.3 Å². The maximum absolute atomic E-state index is 12.0. The van der Waals surface area contributed by atoms with Crippen molar-refractivity contribution in [1.29, 1.82) is 0 Å². The lowest BCUT2D eigenvalue weighted by Crippen LogP contribution is -2.37. The Bertz CT molecular complexity index is 460. The molecule has 5 heteroatoms. The van der Waals surface area contributed by atoms with Crippen molar-refractivity contribution in [1.82, 2.24) is 15.5 Å². The van der Waals surface area contributed by atoms with Crippen molar-refractivity contribution in [3.05, 3.63) is 35.9 Å². The molecule has 4 nitrogen and oxygen atoms in total. The molecule has 1 spiro atoms. The predicted molar refractivity (Wildman–Crippen MR) is 86.5 cm³/mol. The summed E-state index contributed by atoms with van der Waals surface area (Å²) in [6.07, 6.45) is 2.49. The number of carbonyl (C=O) groups excluding carboxylic acids is 1. The van der Waals surface area contributed by atoms with E-state index >= 15 is 0 Å². The Morgan fingerprint density at radius 3 is 2.81 bits per heavy atom. The molecule has 1 atom stereocenters. The number of nitrogens with zero attached hydrogens (tertiary/aromatic N) is 1. The summed E-state index contributed by atoms with van der Waals surface area (Å²) < 4.78 is 0. The molecule has 1 aromatic carbocycles. The van der Waals surface area contributed by atoms with Gasteiger partial charge in [0.25, 0.3) is 0 Å². The monoisotopic (exact) mass is 309 g/mol. The molecular weight excluding hydrogens is 286 g/mol. The lowest BCUT2D eigenvalue weighted by molar-refractivity contribution is -0.122. The van der Waals surface area contributed by atoms with Crippen LogP contribution in [0.5, 0.6) is 0 Å². The van der Waals surface area contributed by atoms with E-state index in [1.54, 1.807) is 0 Å². The van der Waals surface area contributed by atoms with E-state index < -0.39 is 0 Å². The molecule has 1 amide bonds. The van der Waals surface area contributed by atoms with Gasteiger partial charge >= 0.3 is 0 Å². The molecule has 2 aliphatic heterocycles. The van der Waals surface area contributed by atoms with E-state index in [9.17, 15) is 4.79 Å². The van der Waals surface area contributed by atoms with Crippen LogP contribution in [0.25, 0.3) is 0 Å². The molecule has 2 fully saturated rings. The minimum atomic E-state index is 0. The first-order valence-corrected chi connectivity index (χ1v) is 7.50. The van der Waals surface area contributed by atoms with Gasteiger partial charge in [-0.25, -0.2) is 0 Å². The van der Waals surface area contributed by atoms with Crippen LogP contribution in [0.2, 0.25) is 0 Å². The van der Waals surface area contributed by atoms with Crippen molar-refractivity contribution >= 4 is 18.3 Å². The van der Waals surface area contributed by atoms with Gasteiger partial charge < -0.3 is 10.6 Å². The minimum absolute atomic E-state index is 0. The van der Waals surface area contributed by atoms with Crippen LogP contribution in [0, 0.1) is 5.41 Å². The number of likely N-dealkylation sites (tertiary alicyclic amines) is 1. The van der Waals surface area contributed by atoms with Crippen LogP contribution in [-0.2, 0) is 11.3 Å². The SMILES string of the molecule is Cl.O=C(CN1CCC2(CCNC2)C1)NCc1ccccc1. The summed E-state index contributed by atoms with van der Waals surface area (Å²) in [6.45, 7) is 5.54. The number of hydrogen-bond acceptors (Lipinski definition) is 3. The van der Waals surface area contributed by atoms with E-state index in [0.717, 1.165) is 31.7 Å². The van der Waals surface area contributed by atoms with Gasteiger partial charge in [0.15, 0.2) is 0 Å². The quantitative estimate of drug-likeness (QED) is 0.884. The van der Waals surface area contributed by atoms with Crippen LogP contribution < -0.4 is 10.6 Å². The van der Waals surface area contributed by atoms with Crippen LogP contribution in [0.4, 0.5) is 0 Å². The molecule has 0 radical (unpaired) electrons. The van der Waals surface area contributed by atoms with E-state index in [4.69, 9.17) is 0 Å². The third-order valence-electron chi connectivity index (χ3n) is 4.55. The molecule has 0 aromatic heterocycles. The Hall–Kier alpha value is -1.10. The Labute approximate surface area is 132 Å². The molecule has 2 heterocycles. The third kappa shape index (κ3) is 4.19. The van der Waals surface area contributed by atoms with Gasteiger partial charge in [0.1, 0.15) is 0 Å². The van der Waals surface area contributed by atoms with Gasteiger partial charge in [-0.1, -0.05) is 30.3 Å². The first-order chi connectivity index (χ1) is 9.76. The molecule has 1 unspecified atom stereocenters. The lowest BCUT2D eigenvalue weighted by Gasteiger charge is -2.22. The Morgan fingerprint density at radius 1 is 1.29 bits per heavy atom. The average molecular weight is 310 g/mol. The number of nitrogens with one attached hydrogen (secondary N) is 2. The molecule has 2 aliphatic rings. The van der Waals surface area contributed by atoms with Gasteiger partial charge in [0, 0.05) is 19.6 Å². The maximum Gasteiger partial charge on any atom is 0.234 e. The normalized spacial score (nSPS) is 25.0. The van der Waals surface area contributed by atoms with Gasteiger partial charge in [0.2, 0.25) is 5.91 Å². The van der Waals surface area contributed by atoms with Crippen LogP contribution in [-0.4, -0.2) is 43.5 Å². The number of halogens is 1. The van der Waals surface area contributed by atoms with Crippen LogP contribution >= 0.6 is 12.4 Å². The van der Waals surface area contributed by atoms with E-state index in [2.05, 4.69) is 15.5 Å². The summed E-state index contributed by atoms with van der Waals surface area (Å²) in [5, 5.41) is 6.46. The molecule has 2 saturated heterocycles. The molecule has 0 aliphatic carbocycles. The van der Waals surface area contributed by atoms with Gasteiger partial charge in [-0.3, -0.25) is 9.69 Å². The predicted octanol–water partition coefficient (Wildman–Crippen LogP) is 1.41. The molecule has 2 N–H and O–H groups in total. The smallest absolute Gasteiger partial charge is 0.234 e. The van der Waals surface area contributed by atoms with Crippen LogP contribution in [0.3, 0.4) is 0 Å².